The minimum Gasteiger partial charge on any atom is -0.481 e. The zero-order valence-electron chi connectivity index (χ0n) is 11.2. The minimum absolute atomic E-state index is 0.0434. The number of carbonyl (C=O) groups is 3. The molecule has 1 atom stereocenters. The molecule has 2 N–H and O–H groups in total. The minimum atomic E-state index is -0.942. The Morgan fingerprint density at radius 1 is 1.22 bits per heavy atom. The maximum Gasteiger partial charge on any atom is 0.324 e. The largest absolute Gasteiger partial charge is 0.481 e. The number of carboxylic acid groups (broad SMARTS) is 1. The quantitative estimate of drug-likeness (QED) is 0.723. The van der Waals surface area contributed by atoms with E-state index in [1.807, 2.05) is 13.8 Å². The number of rotatable bonds is 7. The summed E-state index contributed by atoms with van der Waals surface area (Å²) in [7, 11) is 0. The molecule has 0 fully saturated rings. The number of nitrogens with one attached hydrogen (secondary N) is 1. The van der Waals surface area contributed by atoms with Crippen molar-refractivity contribution < 1.29 is 19.5 Å². The van der Waals surface area contributed by atoms with Crippen LogP contribution in [0.1, 0.15) is 40.0 Å². The van der Waals surface area contributed by atoms with Crippen molar-refractivity contribution in [1.29, 1.82) is 0 Å². The molecule has 0 aliphatic heterocycles. The second kappa shape index (κ2) is 8.49. The third-order valence-electron chi connectivity index (χ3n) is 2.47. The highest BCUT2D eigenvalue weighted by molar-refractivity contribution is 5.94. The zero-order valence-corrected chi connectivity index (χ0v) is 11.2. The fraction of sp³-hybridized carbons (Fsp3) is 0.750. The maximum absolute atomic E-state index is 11.7. The van der Waals surface area contributed by atoms with Crippen LogP contribution in [0.4, 0.5) is 4.79 Å². The van der Waals surface area contributed by atoms with Crippen molar-refractivity contribution in [2.75, 3.05) is 13.1 Å². The van der Waals surface area contributed by atoms with Gasteiger partial charge in [0.15, 0.2) is 0 Å². The topological polar surface area (TPSA) is 86.7 Å². The molecule has 3 amide bonds. The fourth-order valence-electron chi connectivity index (χ4n) is 1.61. The summed E-state index contributed by atoms with van der Waals surface area (Å²) >= 11 is 0. The third-order valence-corrected chi connectivity index (χ3v) is 2.47. The van der Waals surface area contributed by atoms with Crippen molar-refractivity contribution in [3.63, 3.8) is 0 Å². The van der Waals surface area contributed by atoms with Gasteiger partial charge in [-0.25, -0.2) is 4.79 Å². The van der Waals surface area contributed by atoms with Crippen LogP contribution in [-0.4, -0.2) is 41.0 Å². The highest BCUT2D eigenvalue weighted by Crippen LogP contribution is 2.07. The average Bonchev–Trinajstić information content (AvgIpc) is 2.23. The molecule has 18 heavy (non-hydrogen) atoms. The van der Waals surface area contributed by atoms with Gasteiger partial charge in [-0.3, -0.25) is 14.9 Å². The van der Waals surface area contributed by atoms with E-state index in [0.29, 0.717) is 13.1 Å². The number of carboxylic acids is 1. The molecule has 6 heteroatoms. The van der Waals surface area contributed by atoms with E-state index in [0.717, 1.165) is 6.42 Å². The predicted molar refractivity (Wildman–Crippen MR) is 67.1 cm³/mol. The SMILES string of the molecule is CCCN(CC)C(=O)NC(=O)CC(C)CC(=O)O. The van der Waals surface area contributed by atoms with Gasteiger partial charge in [0, 0.05) is 25.9 Å². The van der Waals surface area contributed by atoms with Crippen LogP contribution in [0.3, 0.4) is 0 Å². The number of hydrogen-bond donors (Lipinski definition) is 2. The molecule has 0 aromatic rings. The molecule has 0 aliphatic carbocycles. The van der Waals surface area contributed by atoms with Gasteiger partial charge in [-0.15, -0.1) is 0 Å². The van der Waals surface area contributed by atoms with Gasteiger partial charge in [0.05, 0.1) is 0 Å². The van der Waals surface area contributed by atoms with Crippen LogP contribution in [0.5, 0.6) is 0 Å². The molecule has 1 unspecified atom stereocenters. The molecule has 0 saturated carbocycles. The first-order chi connectivity index (χ1) is 8.40. The summed E-state index contributed by atoms with van der Waals surface area (Å²) in [4.78, 5) is 35.2. The van der Waals surface area contributed by atoms with Crippen LogP contribution in [0.15, 0.2) is 0 Å². The molecule has 0 saturated heterocycles. The molecule has 0 aliphatic rings. The van der Waals surface area contributed by atoms with Crippen LogP contribution in [0.25, 0.3) is 0 Å². The number of hydrogen-bond acceptors (Lipinski definition) is 3. The third kappa shape index (κ3) is 6.88. The van der Waals surface area contributed by atoms with Crippen LogP contribution in [-0.2, 0) is 9.59 Å². The number of imide groups is 1. The smallest absolute Gasteiger partial charge is 0.324 e. The number of urea groups is 1. The van der Waals surface area contributed by atoms with E-state index >= 15 is 0 Å². The summed E-state index contributed by atoms with van der Waals surface area (Å²) in [6.07, 6.45) is 0.792. The summed E-state index contributed by atoms with van der Waals surface area (Å²) in [5, 5.41) is 10.8. The van der Waals surface area contributed by atoms with Crippen molar-refractivity contribution in [2.24, 2.45) is 5.92 Å². The van der Waals surface area contributed by atoms with Crippen LogP contribution < -0.4 is 5.32 Å². The molecule has 0 aromatic heterocycles. The van der Waals surface area contributed by atoms with Crippen LogP contribution in [0.2, 0.25) is 0 Å². The summed E-state index contributed by atoms with van der Waals surface area (Å²) in [5.41, 5.74) is 0. The molecule has 104 valence electrons. The van der Waals surface area contributed by atoms with E-state index in [-0.39, 0.29) is 18.8 Å². The van der Waals surface area contributed by atoms with Crippen molar-refractivity contribution in [1.82, 2.24) is 10.2 Å². The predicted octanol–water partition coefficient (Wildman–Crippen LogP) is 1.46. The first-order valence-electron chi connectivity index (χ1n) is 6.21. The van der Waals surface area contributed by atoms with Gasteiger partial charge in [0.25, 0.3) is 0 Å². The normalized spacial score (nSPS) is 11.7. The standard InChI is InChI=1S/C12H22N2O4/c1-4-6-14(5-2)12(18)13-10(15)7-9(3)8-11(16)17/h9H,4-8H2,1-3H3,(H,16,17)(H,13,15,18). The van der Waals surface area contributed by atoms with Gasteiger partial charge in [-0.2, -0.15) is 0 Å². The summed E-state index contributed by atoms with van der Waals surface area (Å²) < 4.78 is 0. The van der Waals surface area contributed by atoms with Gasteiger partial charge in [-0.05, 0) is 19.3 Å². The molecule has 0 radical (unpaired) electrons. The number of nitrogens with zero attached hydrogens (tertiary/aromatic N) is 1. The Kier molecular flexibility index (Phi) is 7.74. The Labute approximate surface area is 107 Å². The lowest BCUT2D eigenvalue weighted by atomic mass is 10.0. The number of amides is 3. The van der Waals surface area contributed by atoms with E-state index in [4.69, 9.17) is 5.11 Å². The molecule has 0 rings (SSSR count). The molecular weight excluding hydrogens is 236 g/mol. The van der Waals surface area contributed by atoms with E-state index < -0.39 is 17.9 Å². The van der Waals surface area contributed by atoms with Gasteiger partial charge >= 0.3 is 12.0 Å². The first-order valence-corrected chi connectivity index (χ1v) is 6.21. The van der Waals surface area contributed by atoms with E-state index in [9.17, 15) is 14.4 Å². The van der Waals surface area contributed by atoms with Crippen LogP contribution >= 0.6 is 0 Å². The number of aliphatic carboxylic acids is 1. The summed E-state index contributed by atoms with van der Waals surface area (Å²) in [5.74, 6) is -1.65. The maximum atomic E-state index is 11.7. The zero-order chi connectivity index (χ0) is 14.1. The molecule has 0 aromatic carbocycles. The van der Waals surface area contributed by atoms with E-state index in [1.165, 1.54) is 0 Å². The van der Waals surface area contributed by atoms with Gasteiger partial charge in [-0.1, -0.05) is 13.8 Å². The second-order valence-electron chi connectivity index (χ2n) is 4.34. The lowest BCUT2D eigenvalue weighted by Gasteiger charge is -2.20. The van der Waals surface area contributed by atoms with Crippen LogP contribution in [0, 0.1) is 5.92 Å². The van der Waals surface area contributed by atoms with Gasteiger partial charge in [0.2, 0.25) is 5.91 Å². The number of carbonyl (C=O) groups excluding carboxylic acids is 2. The molecule has 0 spiro atoms. The van der Waals surface area contributed by atoms with Gasteiger partial charge in [0.1, 0.15) is 0 Å². The second-order valence-corrected chi connectivity index (χ2v) is 4.34. The van der Waals surface area contributed by atoms with E-state index in [1.54, 1.807) is 11.8 Å². The Morgan fingerprint density at radius 3 is 2.28 bits per heavy atom. The first kappa shape index (κ1) is 16.4. The van der Waals surface area contributed by atoms with Crippen molar-refractivity contribution in [3.05, 3.63) is 0 Å². The Hall–Kier alpha value is -1.59. The highest BCUT2D eigenvalue weighted by atomic mass is 16.4. The van der Waals surface area contributed by atoms with Crippen molar-refractivity contribution >= 4 is 17.9 Å². The Morgan fingerprint density at radius 2 is 1.83 bits per heavy atom. The highest BCUT2D eigenvalue weighted by Gasteiger charge is 2.17. The monoisotopic (exact) mass is 258 g/mol. The van der Waals surface area contributed by atoms with E-state index in [2.05, 4.69) is 5.32 Å². The lowest BCUT2D eigenvalue weighted by molar-refractivity contribution is -0.138. The summed E-state index contributed by atoms with van der Waals surface area (Å²) in [6.45, 7) is 6.60. The Bertz CT molecular complexity index is 304. The molecule has 0 heterocycles. The fourth-order valence-corrected chi connectivity index (χ4v) is 1.61. The Balaban J connectivity index is 4.14. The molecular formula is C12H22N2O4. The lowest BCUT2D eigenvalue weighted by Crippen LogP contribution is -2.43. The van der Waals surface area contributed by atoms with Crippen molar-refractivity contribution in [2.45, 2.75) is 40.0 Å². The molecule has 6 nitrogen and oxygen atoms in total. The average molecular weight is 258 g/mol. The van der Waals surface area contributed by atoms with Gasteiger partial charge < -0.3 is 10.0 Å². The van der Waals surface area contributed by atoms with Crippen molar-refractivity contribution in [3.8, 4) is 0 Å². The molecule has 0 bridgehead atoms. The summed E-state index contributed by atoms with van der Waals surface area (Å²) in [6, 6.07) is -0.410.